The van der Waals surface area contributed by atoms with Crippen molar-refractivity contribution in [1.29, 1.82) is 0 Å². The van der Waals surface area contributed by atoms with Crippen LogP contribution in [0.1, 0.15) is 142 Å². The summed E-state index contributed by atoms with van der Waals surface area (Å²) in [6.45, 7) is 8.24. The van der Waals surface area contributed by atoms with E-state index >= 15 is 0 Å². The number of aliphatic hydroxyl groups excluding tert-OH is 2. The van der Waals surface area contributed by atoms with Crippen LogP contribution >= 0.6 is 0 Å². The predicted molar refractivity (Wildman–Crippen MR) is 179 cm³/mol. The number of hydrogen-bond donors (Lipinski definition) is 6. The molecule has 264 valence electrons. The highest BCUT2D eigenvalue weighted by atomic mass is 32.3. The van der Waals surface area contributed by atoms with Gasteiger partial charge in [0.1, 0.15) is 0 Å². The third-order valence-corrected chi connectivity index (χ3v) is 6.78. The molecule has 0 bridgehead atoms. The van der Waals surface area contributed by atoms with Gasteiger partial charge in [0.2, 0.25) is 0 Å². The molecule has 0 aromatic heterocycles. The third-order valence-electron chi connectivity index (χ3n) is 6.78. The zero-order valence-electron chi connectivity index (χ0n) is 28.4. The van der Waals surface area contributed by atoms with Crippen LogP contribution in [-0.2, 0) is 19.9 Å². The van der Waals surface area contributed by atoms with Crippen molar-refractivity contribution in [3.8, 4) is 0 Å². The van der Waals surface area contributed by atoms with Crippen LogP contribution < -0.4 is 10.6 Å². The minimum atomic E-state index is -4.67. The Kier molecular flexibility index (Phi) is 43.4. The first-order valence-corrected chi connectivity index (χ1v) is 18.5. The predicted octanol–water partition coefficient (Wildman–Crippen LogP) is 6.36. The topological polar surface area (TPSA) is 158 Å². The maximum Gasteiger partial charge on any atom is 0.394 e. The average Bonchev–Trinajstić information content (AvgIpc) is 2.94. The van der Waals surface area contributed by atoms with Crippen LogP contribution in [0, 0.1) is 0 Å². The summed E-state index contributed by atoms with van der Waals surface area (Å²) in [5.41, 5.74) is 0. The monoisotopic (exact) mass is 645 g/mol. The second-order valence-corrected chi connectivity index (χ2v) is 12.3. The van der Waals surface area contributed by atoms with Crippen LogP contribution in [0.3, 0.4) is 0 Å². The Hall–Kier alpha value is -0.370. The molecule has 2 unspecified atom stereocenters. The lowest BCUT2D eigenvalue weighted by Crippen LogP contribution is -2.28. The molecule has 0 rings (SSSR count). The molecule has 0 heterocycles. The van der Waals surface area contributed by atoms with Gasteiger partial charge in [-0.1, -0.05) is 129 Å². The molecule has 0 saturated heterocycles. The molecule has 0 spiro atoms. The van der Waals surface area contributed by atoms with Gasteiger partial charge in [0, 0.05) is 26.3 Å². The van der Waals surface area contributed by atoms with E-state index in [4.69, 9.17) is 27.0 Å². The fraction of sp³-hybridized carbons (Fsp3) is 1.00. The van der Waals surface area contributed by atoms with Crippen LogP contribution in [0.4, 0.5) is 0 Å². The van der Waals surface area contributed by atoms with Crippen molar-refractivity contribution in [1.82, 2.24) is 10.6 Å². The zero-order chi connectivity index (χ0) is 32.9. The van der Waals surface area contributed by atoms with Gasteiger partial charge in [-0.15, -0.1) is 0 Å². The summed E-state index contributed by atoms with van der Waals surface area (Å²) in [4.78, 5) is 0. The summed E-state index contributed by atoms with van der Waals surface area (Å²) in [5.74, 6) is 0. The first-order valence-electron chi connectivity index (χ1n) is 17.1. The van der Waals surface area contributed by atoms with E-state index in [1.54, 1.807) is 0 Å². The van der Waals surface area contributed by atoms with E-state index in [9.17, 15) is 10.2 Å². The van der Waals surface area contributed by atoms with Gasteiger partial charge in [-0.05, 0) is 26.9 Å². The Morgan fingerprint density at radius 2 is 0.744 bits per heavy atom. The van der Waals surface area contributed by atoms with Crippen molar-refractivity contribution in [3.63, 3.8) is 0 Å². The second kappa shape index (κ2) is 39.7. The fourth-order valence-electron chi connectivity index (χ4n) is 4.41. The lowest BCUT2D eigenvalue weighted by Gasteiger charge is -2.10. The Bertz CT molecular complexity index is 556. The molecule has 2 atom stereocenters. The number of likely N-dealkylation sites (N-methyl/N-ethyl adjacent to an activating group) is 2. The van der Waals surface area contributed by atoms with Gasteiger partial charge >= 0.3 is 10.4 Å². The number of hydrogen-bond acceptors (Lipinski definition) is 8. The zero-order valence-corrected chi connectivity index (χ0v) is 29.2. The lowest BCUT2D eigenvalue weighted by molar-refractivity contribution is 0.0363. The molecular formula is C32H72N2O8S. The van der Waals surface area contributed by atoms with Crippen LogP contribution in [0.2, 0.25) is 0 Å². The lowest BCUT2D eigenvalue weighted by atomic mass is 10.1. The molecular weight excluding hydrogens is 572 g/mol. The van der Waals surface area contributed by atoms with Gasteiger partial charge in [-0.2, -0.15) is 8.42 Å². The maximum atomic E-state index is 9.42. The molecule has 0 fully saturated rings. The minimum Gasteiger partial charge on any atom is -0.389 e. The van der Waals surface area contributed by atoms with Crippen LogP contribution in [-0.4, -0.2) is 93.6 Å². The first-order chi connectivity index (χ1) is 20.6. The van der Waals surface area contributed by atoms with E-state index < -0.39 is 10.4 Å². The van der Waals surface area contributed by atoms with E-state index in [0.717, 1.165) is 26.1 Å². The number of unbranched alkanes of at least 4 members (excludes halogenated alkanes) is 18. The van der Waals surface area contributed by atoms with Gasteiger partial charge in [-0.25, -0.2) is 0 Å². The number of aliphatic hydroxyl groups is 2. The summed E-state index contributed by atoms with van der Waals surface area (Å²) < 4.78 is 42.4. The van der Waals surface area contributed by atoms with E-state index in [-0.39, 0.29) is 12.2 Å². The molecule has 6 N–H and O–H groups in total. The Balaban J connectivity index is -0.000000642. The van der Waals surface area contributed by atoms with Gasteiger partial charge in [-0.3, -0.25) is 9.11 Å². The van der Waals surface area contributed by atoms with Gasteiger partial charge in [0.25, 0.3) is 0 Å². The summed E-state index contributed by atoms with van der Waals surface area (Å²) in [7, 11) is -0.989. The van der Waals surface area contributed by atoms with E-state index in [1.165, 1.54) is 116 Å². The quantitative estimate of drug-likeness (QED) is 0.0384. The second-order valence-electron chi connectivity index (χ2n) is 11.4. The highest BCUT2D eigenvalue weighted by molar-refractivity contribution is 7.79. The largest absolute Gasteiger partial charge is 0.394 e. The number of ether oxygens (including phenoxy) is 2. The van der Waals surface area contributed by atoms with E-state index in [2.05, 4.69) is 24.5 Å². The first kappa shape index (κ1) is 47.0. The van der Waals surface area contributed by atoms with Gasteiger partial charge in [0.15, 0.2) is 0 Å². The van der Waals surface area contributed by atoms with Crippen molar-refractivity contribution in [3.05, 3.63) is 0 Å². The molecule has 0 radical (unpaired) electrons. The molecule has 0 aliphatic heterocycles. The highest BCUT2D eigenvalue weighted by Crippen LogP contribution is 2.11. The smallest absolute Gasteiger partial charge is 0.389 e. The van der Waals surface area contributed by atoms with Crippen molar-refractivity contribution >= 4 is 10.4 Å². The van der Waals surface area contributed by atoms with Crippen molar-refractivity contribution < 1.29 is 37.2 Å². The molecule has 0 amide bonds. The molecule has 0 aromatic carbocycles. The van der Waals surface area contributed by atoms with Crippen LogP contribution in [0.25, 0.3) is 0 Å². The third kappa shape index (κ3) is 57.8. The average molecular weight is 645 g/mol. The molecule has 0 aliphatic carbocycles. The normalized spacial score (nSPS) is 12.7. The van der Waals surface area contributed by atoms with Crippen molar-refractivity contribution in [2.24, 2.45) is 0 Å². The number of rotatable bonds is 30. The fourth-order valence-corrected chi connectivity index (χ4v) is 4.41. The Morgan fingerprint density at radius 3 is 0.977 bits per heavy atom. The molecule has 0 saturated carbocycles. The van der Waals surface area contributed by atoms with Gasteiger partial charge in [0.05, 0.1) is 25.4 Å². The maximum absolute atomic E-state index is 9.42. The van der Waals surface area contributed by atoms with Crippen molar-refractivity contribution in [2.75, 3.05) is 53.6 Å². The molecule has 0 aliphatic rings. The Labute approximate surface area is 266 Å². The SMILES string of the molecule is CCCCCCCCCCCCOCC(O)CNC.CCCCCCCCCCCCOCC(O)CNC.O=S(=O)(O)O. The molecule has 11 heteroatoms. The summed E-state index contributed by atoms with van der Waals surface area (Å²) >= 11 is 0. The minimum absolute atomic E-state index is 0.367. The molecule has 10 nitrogen and oxygen atoms in total. The van der Waals surface area contributed by atoms with Gasteiger partial charge < -0.3 is 30.3 Å². The van der Waals surface area contributed by atoms with E-state index in [0.29, 0.717) is 26.3 Å². The van der Waals surface area contributed by atoms with Crippen molar-refractivity contribution in [2.45, 2.75) is 154 Å². The molecule has 0 aromatic rings. The summed E-state index contributed by atoms with van der Waals surface area (Å²) in [6.07, 6.45) is 26.2. The van der Waals surface area contributed by atoms with Crippen LogP contribution in [0.15, 0.2) is 0 Å². The number of nitrogens with one attached hydrogen (secondary N) is 2. The van der Waals surface area contributed by atoms with Crippen LogP contribution in [0.5, 0.6) is 0 Å². The Morgan fingerprint density at radius 1 is 0.512 bits per heavy atom. The summed E-state index contributed by atoms with van der Waals surface area (Å²) in [6, 6.07) is 0. The highest BCUT2D eigenvalue weighted by Gasteiger charge is 2.02. The standard InChI is InChI=1S/2C16H35NO2.H2O4S/c2*1-3-4-5-6-7-8-9-10-11-12-13-19-15-16(18)14-17-2;1-5(2,3)4/h2*16-18H,3-15H2,1-2H3;(H2,1,2,3,4). The van der Waals surface area contributed by atoms with E-state index in [1.807, 2.05) is 14.1 Å². The summed E-state index contributed by atoms with van der Waals surface area (Å²) in [5, 5.41) is 24.7. The molecule has 43 heavy (non-hydrogen) atoms.